The molecule has 0 fully saturated rings. The van der Waals surface area contributed by atoms with Crippen molar-refractivity contribution in [2.24, 2.45) is 10.2 Å². The molecule has 2 aliphatic heterocycles. The van der Waals surface area contributed by atoms with Gasteiger partial charge in [0, 0.05) is 10.0 Å². The highest BCUT2D eigenvalue weighted by atomic mass is 35.5. The number of ether oxygens (including phenoxy) is 2. The quantitative estimate of drug-likeness (QED) is 0.153. The maximum atomic E-state index is 17.5. The van der Waals surface area contributed by atoms with Crippen molar-refractivity contribution in [1.29, 1.82) is 0 Å². The lowest BCUT2D eigenvalue weighted by Gasteiger charge is -2.43. The summed E-state index contributed by atoms with van der Waals surface area (Å²) in [5.74, 6) is 0.114. The fraction of sp³-hybridized carbons (Fsp3) is 0.118. The molecule has 60 heavy (non-hydrogen) atoms. The lowest BCUT2D eigenvalue weighted by atomic mass is 9.66. The van der Waals surface area contributed by atoms with E-state index >= 15 is 4.79 Å². The van der Waals surface area contributed by atoms with Gasteiger partial charge in [0.2, 0.25) is 0 Å². The van der Waals surface area contributed by atoms with Crippen molar-refractivity contribution in [3.05, 3.63) is 225 Å². The number of Topliss-reactive ketones (excluding diaryl/α,β-unsaturated/α-hetero) is 1. The Bertz CT molecular complexity index is 2590. The molecule has 0 N–H and O–H groups in total. The van der Waals surface area contributed by atoms with Gasteiger partial charge in [-0.25, -0.2) is 10.0 Å². The summed E-state index contributed by atoms with van der Waals surface area (Å²) in [6, 6.07) is 59.5. The van der Waals surface area contributed by atoms with Crippen LogP contribution >= 0.6 is 23.2 Å². The number of benzene rings is 7. The molecule has 10 rings (SSSR count). The largest absolute Gasteiger partial charge is 0.497 e. The van der Waals surface area contributed by atoms with Crippen LogP contribution in [0.15, 0.2) is 192 Å². The van der Waals surface area contributed by atoms with Crippen LogP contribution in [-0.2, 0) is 15.9 Å². The highest BCUT2D eigenvalue weighted by Gasteiger charge is 2.75. The molecular weight excluding hydrogens is 787 g/mol. The Kier molecular flexibility index (Phi) is 9.31. The predicted octanol–water partition coefficient (Wildman–Crippen LogP) is 11.4. The highest BCUT2D eigenvalue weighted by molar-refractivity contribution is 6.31. The van der Waals surface area contributed by atoms with Gasteiger partial charge in [-0.15, -0.1) is 0 Å². The van der Waals surface area contributed by atoms with Gasteiger partial charge in [-0.3, -0.25) is 4.79 Å². The van der Waals surface area contributed by atoms with Crippen LogP contribution in [0.25, 0.3) is 0 Å². The monoisotopic (exact) mass is 824 g/mol. The molecule has 7 aromatic rings. The molecule has 9 heteroatoms. The number of rotatable bonds is 8. The topological polar surface area (TPSA) is 66.7 Å². The highest BCUT2D eigenvalue weighted by Crippen LogP contribution is 2.66. The van der Waals surface area contributed by atoms with Gasteiger partial charge in [0.1, 0.15) is 11.5 Å². The molecule has 3 aliphatic rings. The second-order valence-electron chi connectivity index (χ2n) is 15.1. The first kappa shape index (κ1) is 37.6. The number of hydrogen-bond acceptors (Lipinski definition) is 7. The summed E-state index contributed by atoms with van der Waals surface area (Å²) in [6.07, 6.45) is 0. The Morgan fingerprint density at radius 2 is 0.817 bits per heavy atom. The summed E-state index contributed by atoms with van der Waals surface area (Å²) in [6.45, 7) is 0. The van der Waals surface area contributed by atoms with Crippen LogP contribution in [-0.4, -0.2) is 31.4 Å². The first-order valence-corrected chi connectivity index (χ1v) is 20.5. The van der Waals surface area contributed by atoms with E-state index in [9.17, 15) is 0 Å². The number of fused-ring (bicyclic) bond motifs is 3. The minimum absolute atomic E-state index is 0.0803. The number of halogens is 2. The van der Waals surface area contributed by atoms with Crippen molar-refractivity contribution in [2.75, 3.05) is 24.2 Å². The zero-order chi connectivity index (χ0) is 41.0. The van der Waals surface area contributed by atoms with Crippen LogP contribution in [0.5, 0.6) is 11.5 Å². The molecule has 2 spiro atoms. The fourth-order valence-electron chi connectivity index (χ4n) is 9.55. The Hall–Kier alpha value is -6.67. The summed E-state index contributed by atoms with van der Waals surface area (Å²) >= 11 is 13.2. The van der Waals surface area contributed by atoms with E-state index in [2.05, 4.69) is 12.1 Å². The van der Waals surface area contributed by atoms with Gasteiger partial charge < -0.3 is 9.47 Å². The second kappa shape index (κ2) is 14.9. The van der Waals surface area contributed by atoms with E-state index in [0.29, 0.717) is 10.0 Å². The van der Waals surface area contributed by atoms with Crippen molar-refractivity contribution >= 4 is 51.8 Å². The minimum Gasteiger partial charge on any atom is -0.497 e. The van der Waals surface area contributed by atoms with Gasteiger partial charge in [0.15, 0.2) is 16.9 Å². The van der Waals surface area contributed by atoms with Crippen molar-refractivity contribution in [1.82, 2.24) is 0 Å². The molecule has 7 nitrogen and oxygen atoms in total. The summed E-state index contributed by atoms with van der Waals surface area (Å²) < 4.78 is 11.2. The SMILES string of the molecule is COc1ccc(C2=NN(c3ccccc3)[C@]3(C(=O)[C@]4(c5ccccc53)[C@H](c3ccc(Cl)cc3)C(c3ccc(OC)cc3)=NN4c3ccccc3)[C@H]2c2ccc(Cl)cc2)cc1. The van der Waals surface area contributed by atoms with E-state index < -0.39 is 22.9 Å². The van der Waals surface area contributed by atoms with Gasteiger partial charge in [-0.05, 0) is 130 Å². The van der Waals surface area contributed by atoms with Crippen LogP contribution in [0.1, 0.15) is 45.2 Å². The van der Waals surface area contributed by atoms with Gasteiger partial charge in [-0.1, -0.05) is 108 Å². The molecule has 0 bridgehead atoms. The van der Waals surface area contributed by atoms with Gasteiger partial charge in [0.05, 0.1) is 48.9 Å². The van der Waals surface area contributed by atoms with Crippen LogP contribution in [0.4, 0.5) is 11.4 Å². The summed E-state index contributed by atoms with van der Waals surface area (Å²) in [4.78, 5) is 17.5. The number of hydrogen-bond donors (Lipinski definition) is 0. The Morgan fingerprint density at radius 3 is 1.17 bits per heavy atom. The average Bonchev–Trinajstić information content (AvgIpc) is 3.92. The fourth-order valence-corrected chi connectivity index (χ4v) is 9.80. The number of carbonyl (C=O) groups is 1. The number of carbonyl (C=O) groups excluding carboxylic acids is 1. The van der Waals surface area contributed by atoms with Crippen molar-refractivity contribution in [3.8, 4) is 11.5 Å². The number of hydrazone groups is 2. The molecule has 0 amide bonds. The smallest absolute Gasteiger partial charge is 0.199 e. The number of nitrogens with zero attached hydrogens (tertiary/aromatic N) is 4. The number of ketones is 1. The van der Waals surface area contributed by atoms with Crippen molar-refractivity contribution in [3.63, 3.8) is 0 Å². The molecule has 4 atom stereocenters. The Labute approximate surface area is 358 Å². The Balaban J connectivity index is 1.33. The van der Waals surface area contributed by atoms with Crippen molar-refractivity contribution < 1.29 is 14.3 Å². The van der Waals surface area contributed by atoms with Crippen LogP contribution in [0, 0.1) is 0 Å². The van der Waals surface area contributed by atoms with Gasteiger partial charge >= 0.3 is 0 Å². The third-order valence-electron chi connectivity index (χ3n) is 12.1. The molecule has 0 unspecified atom stereocenters. The molecule has 7 aromatic carbocycles. The van der Waals surface area contributed by atoms with E-state index in [1.807, 2.05) is 180 Å². The lowest BCUT2D eigenvalue weighted by Crippen LogP contribution is -2.58. The molecule has 1 aliphatic carbocycles. The average molecular weight is 826 g/mol. The molecule has 294 valence electrons. The van der Waals surface area contributed by atoms with Crippen LogP contribution in [0.3, 0.4) is 0 Å². The molecular formula is C51H38Cl2N4O3. The summed E-state index contributed by atoms with van der Waals surface area (Å²) in [5, 5.41) is 16.3. The first-order chi connectivity index (χ1) is 29.4. The lowest BCUT2D eigenvalue weighted by molar-refractivity contribution is -0.129. The van der Waals surface area contributed by atoms with Gasteiger partial charge in [0.25, 0.3) is 0 Å². The van der Waals surface area contributed by atoms with Crippen LogP contribution in [0.2, 0.25) is 10.0 Å². The maximum absolute atomic E-state index is 17.5. The summed E-state index contributed by atoms with van der Waals surface area (Å²) in [5.41, 5.74) is 5.26. The van der Waals surface area contributed by atoms with Crippen LogP contribution < -0.4 is 19.5 Å². The zero-order valence-corrected chi connectivity index (χ0v) is 34.3. The first-order valence-electron chi connectivity index (χ1n) is 19.7. The minimum atomic E-state index is -1.44. The van der Waals surface area contributed by atoms with Gasteiger partial charge in [-0.2, -0.15) is 10.2 Å². The normalized spacial score (nSPS) is 21.6. The second-order valence-corrected chi connectivity index (χ2v) is 16.0. The molecule has 0 aromatic heterocycles. The van der Waals surface area contributed by atoms with E-state index in [1.54, 1.807) is 14.2 Å². The third kappa shape index (κ3) is 5.60. The maximum Gasteiger partial charge on any atom is 0.199 e. The zero-order valence-electron chi connectivity index (χ0n) is 32.7. The standard InChI is InChI=1S/C51H38Cl2N4O3/c1-59-41-29-21-35(22-30-41)47-45(33-17-25-37(52)26-18-33)50(56(54-47)39-11-5-3-6-12-39)43-15-9-10-16-44(43)51(49(50)58)46(34-19-27-38(53)28-20-34)48(36-23-31-42(60-2)32-24-36)55-57(51)40-13-7-4-8-14-40/h3-32,45-46H,1-2H3/t45-,46+,50-,51-/m0/s1. The predicted molar refractivity (Wildman–Crippen MR) is 240 cm³/mol. The van der Waals surface area contributed by atoms with E-state index in [1.165, 1.54) is 0 Å². The Morgan fingerprint density at radius 1 is 0.467 bits per heavy atom. The molecule has 0 radical (unpaired) electrons. The molecule has 0 saturated heterocycles. The number of methoxy groups -OCH3 is 2. The molecule has 2 heterocycles. The summed E-state index contributed by atoms with van der Waals surface area (Å²) in [7, 11) is 3.30. The van der Waals surface area contributed by atoms with E-state index in [-0.39, 0.29) is 5.78 Å². The van der Waals surface area contributed by atoms with Crippen molar-refractivity contribution in [2.45, 2.75) is 22.9 Å². The number of para-hydroxylation sites is 2. The van der Waals surface area contributed by atoms with E-state index in [4.69, 9.17) is 42.9 Å². The van der Waals surface area contributed by atoms with E-state index in [0.717, 1.165) is 67.7 Å². The molecule has 0 saturated carbocycles. The number of anilines is 2. The third-order valence-corrected chi connectivity index (χ3v) is 12.6.